The number of hydrogen-bond donors (Lipinski definition) is 1. The molecule has 1 saturated heterocycles. The van der Waals surface area contributed by atoms with Crippen molar-refractivity contribution in [2.24, 2.45) is 17.8 Å². The first-order valence-corrected chi connectivity index (χ1v) is 10.9. The van der Waals surface area contributed by atoms with Crippen LogP contribution in [0.1, 0.15) is 30.0 Å². The Morgan fingerprint density at radius 2 is 2.29 bits per heavy atom. The lowest BCUT2D eigenvalue weighted by Gasteiger charge is -2.50. The van der Waals surface area contributed by atoms with E-state index in [1.807, 2.05) is 28.0 Å². The molecule has 2 fully saturated rings. The SMILES string of the molecule is Cc1nc(CC(=O)N2CC[C@@H]3C[C@@H](C(=O)NCCCn4ccnc4)[C@@H]3C2)cs1. The summed E-state index contributed by atoms with van der Waals surface area (Å²) in [6.45, 7) is 5.01. The van der Waals surface area contributed by atoms with Gasteiger partial charge in [0.05, 0.1) is 23.4 Å². The molecule has 2 aromatic heterocycles. The molecule has 0 aromatic carbocycles. The number of likely N-dealkylation sites (tertiary alicyclic amines) is 1. The van der Waals surface area contributed by atoms with Crippen molar-refractivity contribution in [1.29, 1.82) is 0 Å². The number of nitrogens with one attached hydrogen (secondary N) is 1. The van der Waals surface area contributed by atoms with Crippen LogP contribution in [0, 0.1) is 24.7 Å². The summed E-state index contributed by atoms with van der Waals surface area (Å²) < 4.78 is 2.01. The first-order valence-electron chi connectivity index (χ1n) is 10.0. The van der Waals surface area contributed by atoms with Crippen LogP contribution >= 0.6 is 11.3 Å². The highest BCUT2D eigenvalue weighted by molar-refractivity contribution is 7.09. The second kappa shape index (κ2) is 8.43. The highest BCUT2D eigenvalue weighted by Gasteiger charge is 2.48. The summed E-state index contributed by atoms with van der Waals surface area (Å²) in [5, 5.41) is 6.03. The minimum atomic E-state index is 0.0513. The Labute approximate surface area is 169 Å². The molecule has 3 heterocycles. The van der Waals surface area contributed by atoms with Gasteiger partial charge in [-0.05, 0) is 38.0 Å². The number of nitrogens with zero attached hydrogens (tertiary/aromatic N) is 4. The van der Waals surface area contributed by atoms with Crippen LogP contribution in [0.15, 0.2) is 24.1 Å². The van der Waals surface area contributed by atoms with Crippen LogP contribution in [-0.2, 0) is 22.6 Å². The Bertz CT molecular complexity index is 818. The molecule has 1 aliphatic carbocycles. The number of aromatic nitrogens is 3. The molecular formula is C20H27N5O2S. The molecule has 2 aromatic rings. The normalized spacial score (nSPS) is 23.8. The average Bonchev–Trinajstić information content (AvgIpc) is 3.31. The Kier molecular flexibility index (Phi) is 5.75. The second-order valence-corrected chi connectivity index (χ2v) is 8.94. The van der Waals surface area contributed by atoms with Crippen molar-refractivity contribution < 1.29 is 9.59 Å². The molecule has 150 valence electrons. The van der Waals surface area contributed by atoms with Gasteiger partial charge in [-0.1, -0.05) is 0 Å². The minimum absolute atomic E-state index is 0.0513. The molecule has 3 atom stereocenters. The molecule has 8 heteroatoms. The molecule has 4 rings (SSSR count). The largest absolute Gasteiger partial charge is 0.356 e. The second-order valence-electron chi connectivity index (χ2n) is 7.87. The minimum Gasteiger partial charge on any atom is -0.356 e. The number of rotatable bonds is 7. The number of carbonyl (C=O) groups is 2. The summed E-state index contributed by atoms with van der Waals surface area (Å²) in [6.07, 6.45) is 8.71. The molecule has 0 unspecified atom stereocenters. The number of aryl methyl sites for hydroxylation is 2. The average molecular weight is 402 g/mol. The van der Waals surface area contributed by atoms with E-state index >= 15 is 0 Å². The molecule has 0 spiro atoms. The van der Waals surface area contributed by atoms with E-state index in [0.717, 1.165) is 43.1 Å². The van der Waals surface area contributed by atoms with Crippen molar-refractivity contribution in [2.75, 3.05) is 19.6 Å². The fourth-order valence-electron chi connectivity index (χ4n) is 4.39. The maximum absolute atomic E-state index is 12.6. The van der Waals surface area contributed by atoms with Crippen LogP contribution in [0.5, 0.6) is 0 Å². The highest BCUT2D eigenvalue weighted by Crippen LogP contribution is 2.45. The Hall–Kier alpha value is -2.22. The molecule has 1 saturated carbocycles. The maximum Gasteiger partial charge on any atom is 0.228 e. The lowest BCUT2D eigenvalue weighted by molar-refractivity contribution is -0.145. The predicted molar refractivity (Wildman–Crippen MR) is 107 cm³/mol. The summed E-state index contributed by atoms with van der Waals surface area (Å²) >= 11 is 1.58. The van der Waals surface area contributed by atoms with Gasteiger partial charge < -0.3 is 14.8 Å². The molecule has 7 nitrogen and oxygen atoms in total. The third-order valence-electron chi connectivity index (χ3n) is 6.02. The van der Waals surface area contributed by atoms with Crippen molar-refractivity contribution >= 4 is 23.2 Å². The Balaban J connectivity index is 1.23. The van der Waals surface area contributed by atoms with Crippen LogP contribution in [-0.4, -0.2) is 50.9 Å². The van der Waals surface area contributed by atoms with E-state index in [-0.39, 0.29) is 17.7 Å². The van der Waals surface area contributed by atoms with Gasteiger partial charge in [-0.15, -0.1) is 11.3 Å². The van der Waals surface area contributed by atoms with Gasteiger partial charge in [0.1, 0.15) is 0 Å². The zero-order valence-electron chi connectivity index (χ0n) is 16.2. The third-order valence-corrected chi connectivity index (χ3v) is 6.84. The Morgan fingerprint density at radius 1 is 1.39 bits per heavy atom. The Morgan fingerprint density at radius 3 is 3.04 bits per heavy atom. The lowest BCUT2D eigenvalue weighted by atomic mass is 9.61. The van der Waals surface area contributed by atoms with Gasteiger partial charge in [0.15, 0.2) is 0 Å². The maximum atomic E-state index is 12.6. The number of amides is 2. The number of hydrogen-bond acceptors (Lipinski definition) is 5. The van der Waals surface area contributed by atoms with Crippen LogP contribution in [0.2, 0.25) is 0 Å². The smallest absolute Gasteiger partial charge is 0.228 e. The van der Waals surface area contributed by atoms with Gasteiger partial charge in [0.25, 0.3) is 0 Å². The number of imidazole rings is 1. The molecule has 2 amide bonds. The standard InChI is InChI=1S/C20H27N5O2S/c1-14-23-16(12-28-14)10-19(26)25-7-3-15-9-17(18(15)11-25)20(27)22-4-2-6-24-8-5-21-13-24/h5,8,12-13,15,17-18H,2-4,6-7,9-11H2,1H3,(H,22,27)/t15-,17-,18-/m1/s1. The molecular weight excluding hydrogens is 374 g/mol. The lowest BCUT2D eigenvalue weighted by Crippen LogP contribution is -2.56. The summed E-state index contributed by atoms with van der Waals surface area (Å²) in [5.41, 5.74) is 0.857. The van der Waals surface area contributed by atoms with Gasteiger partial charge in [-0.25, -0.2) is 9.97 Å². The number of thiazole rings is 1. The van der Waals surface area contributed by atoms with Gasteiger partial charge in [0.2, 0.25) is 11.8 Å². The van der Waals surface area contributed by atoms with Gasteiger partial charge in [-0.3, -0.25) is 9.59 Å². The fourth-order valence-corrected chi connectivity index (χ4v) is 5.00. The number of fused-ring (bicyclic) bond motifs is 1. The summed E-state index contributed by atoms with van der Waals surface area (Å²) in [5.74, 6) is 1.23. The molecule has 0 bridgehead atoms. The molecule has 2 aliphatic rings. The topological polar surface area (TPSA) is 80.1 Å². The highest BCUT2D eigenvalue weighted by atomic mass is 32.1. The number of carbonyl (C=O) groups excluding carboxylic acids is 2. The molecule has 1 aliphatic heterocycles. The molecule has 0 radical (unpaired) electrons. The van der Waals surface area contributed by atoms with E-state index < -0.39 is 0 Å². The van der Waals surface area contributed by atoms with Gasteiger partial charge in [0, 0.05) is 49.9 Å². The van der Waals surface area contributed by atoms with Crippen LogP contribution in [0.4, 0.5) is 0 Å². The van der Waals surface area contributed by atoms with E-state index in [0.29, 0.717) is 31.3 Å². The van der Waals surface area contributed by atoms with E-state index in [4.69, 9.17) is 0 Å². The van der Waals surface area contributed by atoms with E-state index in [9.17, 15) is 9.59 Å². The summed E-state index contributed by atoms with van der Waals surface area (Å²) in [7, 11) is 0. The van der Waals surface area contributed by atoms with Crippen molar-refractivity contribution in [1.82, 2.24) is 24.8 Å². The fraction of sp³-hybridized carbons (Fsp3) is 0.600. The zero-order valence-corrected chi connectivity index (χ0v) is 17.0. The summed E-state index contributed by atoms with van der Waals surface area (Å²) in [4.78, 5) is 35.6. The molecule has 1 N–H and O–H groups in total. The van der Waals surface area contributed by atoms with Crippen LogP contribution in [0.25, 0.3) is 0 Å². The molecule has 28 heavy (non-hydrogen) atoms. The summed E-state index contributed by atoms with van der Waals surface area (Å²) in [6, 6.07) is 0. The van der Waals surface area contributed by atoms with Crippen molar-refractivity contribution in [3.63, 3.8) is 0 Å². The van der Waals surface area contributed by atoms with Crippen molar-refractivity contribution in [3.05, 3.63) is 34.8 Å². The first kappa shape index (κ1) is 19.1. The monoisotopic (exact) mass is 401 g/mol. The first-order chi connectivity index (χ1) is 13.6. The number of piperidine rings is 1. The van der Waals surface area contributed by atoms with E-state index in [1.165, 1.54) is 0 Å². The van der Waals surface area contributed by atoms with Gasteiger partial charge in [-0.2, -0.15) is 0 Å². The van der Waals surface area contributed by atoms with Gasteiger partial charge >= 0.3 is 0 Å². The van der Waals surface area contributed by atoms with Crippen LogP contribution < -0.4 is 5.32 Å². The predicted octanol–water partition coefficient (Wildman–Crippen LogP) is 1.88. The third kappa shape index (κ3) is 4.27. The van der Waals surface area contributed by atoms with Crippen molar-refractivity contribution in [2.45, 2.75) is 39.2 Å². The van der Waals surface area contributed by atoms with Crippen molar-refractivity contribution in [3.8, 4) is 0 Å². The van der Waals surface area contributed by atoms with E-state index in [1.54, 1.807) is 23.9 Å². The quantitative estimate of drug-likeness (QED) is 0.719. The van der Waals surface area contributed by atoms with E-state index in [2.05, 4.69) is 15.3 Å². The zero-order chi connectivity index (χ0) is 19.5. The van der Waals surface area contributed by atoms with Crippen LogP contribution in [0.3, 0.4) is 0 Å².